The van der Waals surface area contributed by atoms with E-state index >= 15 is 0 Å². The molecule has 0 saturated carbocycles. The van der Waals surface area contributed by atoms with Crippen LogP contribution in [0, 0.1) is 0 Å². The third kappa shape index (κ3) is 6.15. The molecule has 3 aromatic carbocycles. The molecule has 0 radical (unpaired) electrons. The SMILES string of the molecule is CC(=O)c1ccc(C(=O)Nc2ccc(C(=O)c3ccc4c(c3)NC(=O)C4C=Nc3ccc(N4CCOCC4)cc3)cc2)s1. The number of ether oxygens (including phenoxy) is 1. The number of rotatable bonds is 8. The fourth-order valence-electron chi connectivity index (χ4n) is 5.02. The van der Waals surface area contributed by atoms with Crippen LogP contribution >= 0.6 is 11.3 Å². The van der Waals surface area contributed by atoms with Gasteiger partial charge < -0.3 is 20.3 Å². The maximum Gasteiger partial charge on any atom is 0.265 e. The molecule has 1 aromatic heterocycles. The predicted octanol–water partition coefficient (Wildman–Crippen LogP) is 5.71. The first-order chi connectivity index (χ1) is 20.9. The van der Waals surface area contributed by atoms with Crippen LogP contribution in [0.4, 0.5) is 22.7 Å². The van der Waals surface area contributed by atoms with Crippen molar-refractivity contribution in [2.75, 3.05) is 41.8 Å². The lowest BCUT2D eigenvalue weighted by molar-refractivity contribution is -0.115. The highest BCUT2D eigenvalue weighted by Gasteiger charge is 2.30. The van der Waals surface area contributed by atoms with E-state index in [1.807, 2.05) is 24.3 Å². The number of ketones is 2. The third-order valence-electron chi connectivity index (χ3n) is 7.37. The summed E-state index contributed by atoms with van der Waals surface area (Å²) < 4.78 is 5.41. The van der Waals surface area contributed by atoms with Gasteiger partial charge >= 0.3 is 0 Å². The number of Topliss-reactive ketones (excluding diaryl/α,β-unsaturated/α-hetero) is 1. The second-order valence-corrected chi connectivity index (χ2v) is 11.3. The number of fused-ring (bicyclic) bond motifs is 1. The Balaban J connectivity index is 1.10. The molecule has 2 amide bonds. The van der Waals surface area contributed by atoms with Gasteiger partial charge in [-0.3, -0.25) is 24.2 Å². The molecule has 216 valence electrons. The van der Waals surface area contributed by atoms with Crippen LogP contribution in [-0.2, 0) is 9.53 Å². The van der Waals surface area contributed by atoms with Crippen LogP contribution in [0.15, 0.2) is 83.9 Å². The Labute approximate surface area is 252 Å². The van der Waals surface area contributed by atoms with Gasteiger partial charge in [0.1, 0.15) is 5.92 Å². The molecule has 0 bridgehead atoms. The van der Waals surface area contributed by atoms with Gasteiger partial charge in [-0.25, -0.2) is 0 Å². The average molecular weight is 593 g/mol. The monoisotopic (exact) mass is 592 g/mol. The van der Waals surface area contributed by atoms with Crippen LogP contribution in [0.25, 0.3) is 0 Å². The summed E-state index contributed by atoms with van der Waals surface area (Å²) in [5.41, 5.74) is 4.61. The Bertz CT molecular complexity index is 1740. The normalized spacial score (nSPS) is 16.2. The van der Waals surface area contributed by atoms with Crippen LogP contribution < -0.4 is 15.5 Å². The van der Waals surface area contributed by atoms with E-state index in [1.54, 1.807) is 60.8 Å². The summed E-state index contributed by atoms with van der Waals surface area (Å²) in [4.78, 5) is 57.8. The average Bonchev–Trinajstić information content (AvgIpc) is 3.65. The molecule has 4 aromatic rings. The standard InChI is InChI=1S/C33H28N4O5S/c1-20(38)29-12-13-30(43-29)33(41)35-24-5-2-21(3-6-24)31(39)22-4-11-26-27(32(40)36-28(26)18-22)19-34-23-7-9-25(10-8-23)37-14-16-42-17-15-37/h2-13,18-19,27H,14-17H2,1H3,(H,35,41)(H,36,40). The van der Waals surface area contributed by atoms with E-state index in [9.17, 15) is 19.2 Å². The number of hydrogen-bond donors (Lipinski definition) is 2. The van der Waals surface area contributed by atoms with Crippen molar-refractivity contribution in [3.63, 3.8) is 0 Å². The molecular weight excluding hydrogens is 564 g/mol. The van der Waals surface area contributed by atoms with Crippen LogP contribution in [0.5, 0.6) is 0 Å². The lowest BCUT2D eigenvalue weighted by Gasteiger charge is -2.28. The first-order valence-corrected chi connectivity index (χ1v) is 14.7. The van der Waals surface area contributed by atoms with Crippen molar-refractivity contribution < 1.29 is 23.9 Å². The minimum atomic E-state index is -0.559. The summed E-state index contributed by atoms with van der Waals surface area (Å²) in [6, 6.07) is 22.9. The first kappa shape index (κ1) is 28.2. The number of morpholine rings is 1. The van der Waals surface area contributed by atoms with Crippen molar-refractivity contribution >= 4 is 63.7 Å². The zero-order valence-corrected chi connectivity index (χ0v) is 24.1. The fraction of sp³-hybridized carbons (Fsp3) is 0.182. The van der Waals surface area contributed by atoms with Crippen LogP contribution in [0.2, 0.25) is 0 Å². The van der Waals surface area contributed by atoms with E-state index in [1.165, 1.54) is 6.92 Å². The molecule has 2 N–H and O–H groups in total. The molecule has 3 heterocycles. The molecule has 0 aliphatic carbocycles. The summed E-state index contributed by atoms with van der Waals surface area (Å²) in [6.07, 6.45) is 1.64. The van der Waals surface area contributed by atoms with Crippen molar-refractivity contribution in [2.24, 2.45) is 4.99 Å². The molecule has 43 heavy (non-hydrogen) atoms. The number of anilines is 3. The Kier molecular flexibility index (Phi) is 7.95. The van der Waals surface area contributed by atoms with Crippen molar-refractivity contribution in [1.29, 1.82) is 0 Å². The van der Waals surface area contributed by atoms with Crippen molar-refractivity contribution in [3.8, 4) is 0 Å². The van der Waals surface area contributed by atoms with Gasteiger partial charge in [0.15, 0.2) is 11.6 Å². The summed E-state index contributed by atoms with van der Waals surface area (Å²) in [7, 11) is 0. The molecule has 1 fully saturated rings. The number of aliphatic imine (C=N–C) groups is 1. The molecule has 10 heteroatoms. The largest absolute Gasteiger partial charge is 0.378 e. The van der Waals surface area contributed by atoms with E-state index in [0.717, 1.165) is 54.6 Å². The molecule has 0 spiro atoms. The van der Waals surface area contributed by atoms with Gasteiger partial charge in [0.05, 0.1) is 28.7 Å². The van der Waals surface area contributed by atoms with Crippen molar-refractivity contribution in [3.05, 3.63) is 105 Å². The lowest BCUT2D eigenvalue weighted by Crippen LogP contribution is -2.36. The number of nitrogens with zero attached hydrogens (tertiary/aromatic N) is 2. The number of benzene rings is 3. The summed E-state index contributed by atoms with van der Waals surface area (Å²) in [6.45, 7) is 4.61. The second-order valence-electron chi connectivity index (χ2n) is 10.2. The number of carbonyl (C=O) groups excluding carboxylic acids is 4. The summed E-state index contributed by atoms with van der Waals surface area (Å²) in [5.74, 6) is -1.39. The highest BCUT2D eigenvalue weighted by atomic mass is 32.1. The van der Waals surface area contributed by atoms with Crippen LogP contribution in [0.3, 0.4) is 0 Å². The van der Waals surface area contributed by atoms with E-state index in [4.69, 9.17) is 4.74 Å². The molecule has 1 atom stereocenters. The molecule has 2 aliphatic rings. The van der Waals surface area contributed by atoms with Crippen LogP contribution in [-0.4, -0.2) is 55.9 Å². The van der Waals surface area contributed by atoms with E-state index in [-0.39, 0.29) is 23.4 Å². The minimum Gasteiger partial charge on any atom is -0.378 e. The number of thiophene rings is 1. The Morgan fingerprint density at radius 2 is 1.63 bits per heavy atom. The van der Waals surface area contributed by atoms with E-state index in [0.29, 0.717) is 32.3 Å². The highest BCUT2D eigenvalue weighted by Crippen LogP contribution is 2.33. The molecule has 6 rings (SSSR count). The van der Waals surface area contributed by atoms with Gasteiger partial charge in [0.25, 0.3) is 5.91 Å². The molecular formula is C33H28N4O5S. The topological polar surface area (TPSA) is 117 Å². The summed E-state index contributed by atoms with van der Waals surface area (Å²) >= 11 is 1.13. The van der Waals surface area contributed by atoms with Crippen LogP contribution in [0.1, 0.15) is 53.7 Å². The predicted molar refractivity (Wildman–Crippen MR) is 168 cm³/mol. The maximum atomic E-state index is 13.2. The zero-order chi connectivity index (χ0) is 29.9. The number of amides is 2. The zero-order valence-electron chi connectivity index (χ0n) is 23.3. The van der Waals surface area contributed by atoms with Gasteiger partial charge in [-0.05, 0) is 79.2 Å². The van der Waals surface area contributed by atoms with Gasteiger partial charge in [0, 0.05) is 47.5 Å². The number of carbonyl (C=O) groups is 4. The van der Waals surface area contributed by atoms with E-state index in [2.05, 4.69) is 20.5 Å². The van der Waals surface area contributed by atoms with Crippen molar-refractivity contribution in [1.82, 2.24) is 0 Å². The third-order valence-corrected chi connectivity index (χ3v) is 8.56. The van der Waals surface area contributed by atoms with Gasteiger partial charge in [-0.15, -0.1) is 11.3 Å². The number of hydrogen-bond acceptors (Lipinski definition) is 8. The summed E-state index contributed by atoms with van der Waals surface area (Å²) in [5, 5.41) is 5.65. The van der Waals surface area contributed by atoms with Gasteiger partial charge in [-0.1, -0.05) is 12.1 Å². The molecule has 1 saturated heterocycles. The smallest absolute Gasteiger partial charge is 0.265 e. The maximum absolute atomic E-state index is 13.2. The highest BCUT2D eigenvalue weighted by molar-refractivity contribution is 7.16. The first-order valence-electron chi connectivity index (χ1n) is 13.8. The minimum absolute atomic E-state index is 0.0905. The quantitative estimate of drug-likeness (QED) is 0.200. The lowest BCUT2D eigenvalue weighted by atomic mass is 9.97. The molecule has 2 aliphatic heterocycles. The van der Waals surface area contributed by atoms with Gasteiger partial charge in [0.2, 0.25) is 5.91 Å². The van der Waals surface area contributed by atoms with E-state index < -0.39 is 5.92 Å². The fourth-order valence-corrected chi connectivity index (χ4v) is 5.82. The second kappa shape index (κ2) is 12.1. The van der Waals surface area contributed by atoms with Gasteiger partial charge in [-0.2, -0.15) is 0 Å². The number of nitrogens with one attached hydrogen (secondary N) is 2. The molecule has 1 unspecified atom stereocenters. The Morgan fingerprint density at radius 1 is 0.930 bits per heavy atom. The Hall–Kier alpha value is -4.93. The Morgan fingerprint density at radius 3 is 2.33 bits per heavy atom. The van der Waals surface area contributed by atoms with Crippen molar-refractivity contribution in [2.45, 2.75) is 12.8 Å². The molecule has 9 nitrogen and oxygen atoms in total.